The van der Waals surface area contributed by atoms with Crippen LogP contribution in [0.5, 0.6) is 0 Å². The fourth-order valence-corrected chi connectivity index (χ4v) is 3.51. The molecule has 2 bridgehead atoms. The highest BCUT2D eigenvalue weighted by Gasteiger charge is 2.45. The van der Waals surface area contributed by atoms with Gasteiger partial charge in [0.05, 0.1) is 0 Å². The highest BCUT2D eigenvalue weighted by molar-refractivity contribution is 4.95. The van der Waals surface area contributed by atoms with Gasteiger partial charge in [-0.05, 0) is 48.9 Å². The van der Waals surface area contributed by atoms with E-state index in [9.17, 15) is 0 Å². The first kappa shape index (κ1) is 7.64. The Bertz CT molecular complexity index is 148. The molecule has 64 valence electrons. The minimum atomic E-state index is 0.938. The minimum absolute atomic E-state index is 0.938. The third-order valence-electron chi connectivity index (χ3n) is 4.27. The summed E-state index contributed by atoms with van der Waals surface area (Å²) in [5.74, 6) is 5.27. The quantitative estimate of drug-likeness (QED) is 0.540. The van der Waals surface area contributed by atoms with Crippen LogP contribution in [0.25, 0.3) is 0 Å². The first-order valence-corrected chi connectivity index (χ1v) is 5.20. The summed E-state index contributed by atoms with van der Waals surface area (Å²) in [6.45, 7) is 7.28. The smallest absolute Gasteiger partial charge is 0.0355 e. The topological polar surface area (TPSA) is 0 Å². The van der Waals surface area contributed by atoms with Crippen molar-refractivity contribution < 1.29 is 0 Å². The van der Waals surface area contributed by atoms with E-state index in [4.69, 9.17) is 0 Å². The Morgan fingerprint density at radius 3 is 2.18 bits per heavy atom. The van der Waals surface area contributed by atoms with Crippen LogP contribution in [0.3, 0.4) is 0 Å². The molecule has 0 radical (unpaired) electrons. The lowest BCUT2D eigenvalue weighted by Gasteiger charge is -2.25. The number of fused-ring (bicyclic) bond motifs is 2. The van der Waals surface area contributed by atoms with Crippen molar-refractivity contribution in [3.8, 4) is 0 Å². The average Bonchev–Trinajstić information content (AvgIpc) is 2.46. The van der Waals surface area contributed by atoms with Crippen molar-refractivity contribution in [1.29, 1.82) is 0 Å². The number of rotatable bonds is 1. The van der Waals surface area contributed by atoms with E-state index in [0.717, 1.165) is 29.6 Å². The predicted molar refractivity (Wildman–Crippen MR) is 48.3 cm³/mol. The van der Waals surface area contributed by atoms with E-state index < -0.39 is 0 Å². The van der Waals surface area contributed by atoms with Gasteiger partial charge in [-0.3, -0.25) is 0 Å². The fraction of sp³-hybridized carbons (Fsp3) is 1.00. The van der Waals surface area contributed by atoms with Gasteiger partial charge in [0.25, 0.3) is 0 Å². The third kappa shape index (κ3) is 1.02. The molecule has 0 aromatic rings. The zero-order valence-corrected chi connectivity index (χ0v) is 8.01. The molecule has 0 aromatic heterocycles. The lowest BCUT2D eigenvalue weighted by molar-refractivity contribution is 0.247. The Balaban J connectivity index is 2.09. The monoisotopic (exact) mass is 152 g/mol. The molecule has 0 N–H and O–H groups in total. The van der Waals surface area contributed by atoms with Crippen molar-refractivity contribution in [2.24, 2.45) is 29.6 Å². The Morgan fingerprint density at radius 2 is 1.91 bits per heavy atom. The molecular formula is C11H20. The summed E-state index contributed by atoms with van der Waals surface area (Å²) < 4.78 is 0. The second-order valence-corrected chi connectivity index (χ2v) is 5.00. The van der Waals surface area contributed by atoms with Crippen molar-refractivity contribution in [3.05, 3.63) is 0 Å². The van der Waals surface area contributed by atoms with Crippen LogP contribution in [-0.4, -0.2) is 0 Å². The van der Waals surface area contributed by atoms with Gasteiger partial charge in [-0.15, -0.1) is 0 Å². The van der Waals surface area contributed by atoms with Crippen molar-refractivity contribution in [3.63, 3.8) is 0 Å². The molecule has 0 heteroatoms. The van der Waals surface area contributed by atoms with Gasteiger partial charge in [-0.2, -0.15) is 0 Å². The summed E-state index contributed by atoms with van der Waals surface area (Å²) in [4.78, 5) is 0. The molecule has 2 aliphatic rings. The van der Waals surface area contributed by atoms with Crippen LogP contribution in [0.4, 0.5) is 0 Å². The van der Waals surface area contributed by atoms with E-state index in [1.54, 1.807) is 6.42 Å². The van der Waals surface area contributed by atoms with E-state index in [1.807, 2.05) is 0 Å². The van der Waals surface area contributed by atoms with Crippen LogP contribution >= 0.6 is 0 Å². The molecule has 0 aromatic carbocycles. The zero-order chi connectivity index (χ0) is 8.01. The fourth-order valence-electron chi connectivity index (χ4n) is 3.51. The maximum Gasteiger partial charge on any atom is -0.0355 e. The van der Waals surface area contributed by atoms with Crippen molar-refractivity contribution in [2.75, 3.05) is 0 Å². The normalized spacial score (nSPS) is 49.1. The van der Waals surface area contributed by atoms with Gasteiger partial charge in [0, 0.05) is 0 Å². The molecule has 0 spiro atoms. The largest absolute Gasteiger partial charge is 0.0625 e. The van der Waals surface area contributed by atoms with E-state index in [-0.39, 0.29) is 0 Å². The van der Waals surface area contributed by atoms with Crippen LogP contribution in [0.2, 0.25) is 0 Å². The van der Waals surface area contributed by atoms with Crippen molar-refractivity contribution in [2.45, 2.75) is 40.0 Å². The summed E-state index contributed by atoms with van der Waals surface area (Å²) in [7, 11) is 0. The summed E-state index contributed by atoms with van der Waals surface area (Å²) in [6.07, 6.45) is 4.62. The number of hydrogen-bond donors (Lipinski definition) is 0. The molecule has 2 rings (SSSR count). The van der Waals surface area contributed by atoms with E-state index in [2.05, 4.69) is 20.8 Å². The Labute approximate surface area is 70.4 Å². The molecule has 2 aliphatic carbocycles. The number of hydrogen-bond acceptors (Lipinski definition) is 0. The molecule has 2 fully saturated rings. The molecule has 11 heavy (non-hydrogen) atoms. The highest BCUT2D eigenvalue weighted by atomic mass is 14.5. The van der Waals surface area contributed by atoms with Gasteiger partial charge in [-0.25, -0.2) is 0 Å². The van der Waals surface area contributed by atoms with Crippen molar-refractivity contribution >= 4 is 0 Å². The third-order valence-corrected chi connectivity index (χ3v) is 4.27. The molecule has 0 amide bonds. The SMILES string of the molecule is CC(C)C1CC2CCC1C2C. The average molecular weight is 152 g/mol. The van der Waals surface area contributed by atoms with Gasteiger partial charge < -0.3 is 0 Å². The Morgan fingerprint density at radius 1 is 1.18 bits per heavy atom. The molecule has 0 heterocycles. The summed E-state index contributed by atoms with van der Waals surface area (Å²) >= 11 is 0. The van der Waals surface area contributed by atoms with Crippen LogP contribution in [0.1, 0.15) is 40.0 Å². The van der Waals surface area contributed by atoms with E-state index >= 15 is 0 Å². The predicted octanol–water partition coefficient (Wildman–Crippen LogP) is 3.32. The second-order valence-electron chi connectivity index (χ2n) is 5.00. The van der Waals surface area contributed by atoms with E-state index in [0.29, 0.717) is 0 Å². The molecule has 0 aliphatic heterocycles. The lowest BCUT2D eigenvalue weighted by Crippen LogP contribution is -2.17. The first-order chi connectivity index (χ1) is 5.20. The van der Waals surface area contributed by atoms with Gasteiger partial charge in [0.15, 0.2) is 0 Å². The van der Waals surface area contributed by atoms with Gasteiger partial charge in [0.2, 0.25) is 0 Å². The van der Waals surface area contributed by atoms with Gasteiger partial charge >= 0.3 is 0 Å². The molecular weight excluding hydrogens is 132 g/mol. The maximum absolute atomic E-state index is 2.48. The molecule has 0 nitrogen and oxygen atoms in total. The van der Waals surface area contributed by atoms with Gasteiger partial charge in [0.1, 0.15) is 0 Å². The Hall–Kier alpha value is 0. The van der Waals surface area contributed by atoms with Gasteiger partial charge in [-0.1, -0.05) is 20.8 Å². The summed E-state index contributed by atoms with van der Waals surface area (Å²) in [5, 5.41) is 0. The lowest BCUT2D eigenvalue weighted by atomic mass is 9.80. The minimum Gasteiger partial charge on any atom is -0.0625 e. The van der Waals surface area contributed by atoms with Crippen molar-refractivity contribution in [1.82, 2.24) is 0 Å². The molecule has 0 saturated heterocycles. The van der Waals surface area contributed by atoms with E-state index in [1.165, 1.54) is 12.8 Å². The summed E-state index contributed by atoms with van der Waals surface area (Å²) in [6, 6.07) is 0. The van der Waals surface area contributed by atoms with Crippen LogP contribution in [-0.2, 0) is 0 Å². The summed E-state index contributed by atoms with van der Waals surface area (Å²) in [5.41, 5.74) is 0. The molecule has 2 saturated carbocycles. The highest BCUT2D eigenvalue weighted by Crippen LogP contribution is 2.54. The standard InChI is InChI=1S/C11H20/c1-7(2)11-6-9-4-5-10(11)8(9)3/h7-11H,4-6H2,1-3H3. The molecule has 4 unspecified atom stereocenters. The zero-order valence-electron chi connectivity index (χ0n) is 8.01. The maximum atomic E-state index is 2.48. The molecule has 4 atom stereocenters. The van der Waals surface area contributed by atoms with Crippen LogP contribution in [0.15, 0.2) is 0 Å². The second kappa shape index (κ2) is 2.50. The Kier molecular flexibility index (Phi) is 1.74. The first-order valence-electron chi connectivity index (χ1n) is 5.20. The van der Waals surface area contributed by atoms with Crippen LogP contribution in [0, 0.1) is 29.6 Å². The van der Waals surface area contributed by atoms with Crippen LogP contribution < -0.4 is 0 Å².